The molecule has 0 atom stereocenters. The van der Waals surface area contributed by atoms with Crippen molar-refractivity contribution in [3.63, 3.8) is 0 Å². The lowest BCUT2D eigenvalue weighted by atomic mass is 9.79. The van der Waals surface area contributed by atoms with Gasteiger partial charge in [-0.05, 0) is 45.5 Å². The fraction of sp³-hybridized carbons (Fsp3) is 0.0769. The Labute approximate surface area is 159 Å². The van der Waals surface area contributed by atoms with Gasteiger partial charge < -0.3 is 4.74 Å². The second-order valence-corrected chi connectivity index (χ2v) is 6.55. The summed E-state index contributed by atoms with van der Waals surface area (Å²) in [4.78, 5) is 0. The van der Waals surface area contributed by atoms with Crippen molar-refractivity contribution in [1.82, 2.24) is 0 Å². The molecule has 0 saturated carbocycles. The van der Waals surface area contributed by atoms with Crippen LogP contribution in [-0.4, -0.2) is 0 Å². The highest BCUT2D eigenvalue weighted by atomic mass is 16.5. The Hall–Kier alpha value is -3.32. The highest BCUT2D eigenvalue weighted by Gasteiger charge is 2.28. The van der Waals surface area contributed by atoms with Crippen molar-refractivity contribution >= 4 is 0 Å². The smallest absolute Gasteiger partial charge is 0.135 e. The number of ether oxygens (including phenoxy) is 1. The fourth-order valence-electron chi connectivity index (χ4n) is 4.10. The number of benzene rings is 4. The summed E-state index contributed by atoms with van der Waals surface area (Å²) in [5.41, 5.74) is 10.2. The molecule has 4 aromatic rings. The minimum Gasteiger partial charge on any atom is -0.456 e. The van der Waals surface area contributed by atoms with Gasteiger partial charge in [0, 0.05) is 11.1 Å². The second kappa shape index (κ2) is 6.14. The Morgan fingerprint density at radius 3 is 1.22 bits per heavy atom. The summed E-state index contributed by atoms with van der Waals surface area (Å²) in [6.45, 7) is 4.00. The lowest BCUT2D eigenvalue weighted by Gasteiger charge is -2.29. The SMILES string of the molecule is CC.c1ccc2c(c1)-c1cccc(Oc3cccc4c3-c3ccccc3-4)c1-2. The van der Waals surface area contributed by atoms with Crippen molar-refractivity contribution < 1.29 is 4.74 Å². The van der Waals surface area contributed by atoms with Gasteiger partial charge in [-0.2, -0.15) is 0 Å². The Morgan fingerprint density at radius 1 is 0.407 bits per heavy atom. The van der Waals surface area contributed by atoms with E-state index in [1.807, 2.05) is 13.8 Å². The first kappa shape index (κ1) is 15.9. The van der Waals surface area contributed by atoms with E-state index in [1.54, 1.807) is 0 Å². The monoisotopic (exact) mass is 348 g/mol. The van der Waals surface area contributed by atoms with Gasteiger partial charge >= 0.3 is 0 Å². The molecule has 0 amide bonds. The molecule has 0 spiro atoms. The highest BCUT2D eigenvalue weighted by Crippen LogP contribution is 2.55. The molecule has 0 N–H and O–H groups in total. The number of rotatable bonds is 2. The molecule has 0 aliphatic heterocycles. The number of fused-ring (bicyclic) bond motifs is 8. The van der Waals surface area contributed by atoms with Gasteiger partial charge in [-0.15, -0.1) is 0 Å². The predicted octanol–water partition coefficient (Wildman–Crippen LogP) is 7.80. The third kappa shape index (κ3) is 2.18. The summed E-state index contributed by atoms with van der Waals surface area (Å²) in [5.74, 6) is 1.88. The van der Waals surface area contributed by atoms with Crippen molar-refractivity contribution in [2.45, 2.75) is 13.8 Å². The lowest BCUT2D eigenvalue weighted by molar-refractivity contribution is 0.486. The van der Waals surface area contributed by atoms with Crippen LogP contribution >= 0.6 is 0 Å². The predicted molar refractivity (Wildman–Crippen MR) is 113 cm³/mol. The molecule has 130 valence electrons. The van der Waals surface area contributed by atoms with Gasteiger partial charge in [0.15, 0.2) is 0 Å². The van der Waals surface area contributed by atoms with E-state index in [9.17, 15) is 0 Å². The van der Waals surface area contributed by atoms with E-state index in [4.69, 9.17) is 4.74 Å². The van der Waals surface area contributed by atoms with Crippen molar-refractivity contribution in [2.75, 3.05) is 0 Å². The topological polar surface area (TPSA) is 9.23 Å². The van der Waals surface area contributed by atoms with Crippen LogP contribution in [0.3, 0.4) is 0 Å². The normalized spacial score (nSPS) is 11.3. The van der Waals surface area contributed by atoms with Gasteiger partial charge in [0.05, 0.1) is 0 Å². The maximum atomic E-state index is 6.42. The zero-order chi connectivity index (χ0) is 18.4. The number of hydrogen-bond acceptors (Lipinski definition) is 1. The molecule has 6 rings (SSSR count). The van der Waals surface area contributed by atoms with Crippen LogP contribution in [-0.2, 0) is 0 Å². The summed E-state index contributed by atoms with van der Waals surface area (Å²) in [7, 11) is 0. The molecule has 2 aliphatic rings. The molecule has 1 nitrogen and oxygen atoms in total. The van der Waals surface area contributed by atoms with E-state index in [2.05, 4.69) is 84.9 Å². The minimum absolute atomic E-state index is 0.939. The summed E-state index contributed by atoms with van der Waals surface area (Å²) in [5, 5.41) is 0. The van der Waals surface area contributed by atoms with Crippen LogP contribution in [0.15, 0.2) is 84.9 Å². The Morgan fingerprint density at radius 2 is 0.778 bits per heavy atom. The molecular weight excluding hydrogens is 328 g/mol. The summed E-state index contributed by atoms with van der Waals surface area (Å²) in [6.07, 6.45) is 0. The minimum atomic E-state index is 0.939. The Bertz CT molecular complexity index is 1080. The van der Waals surface area contributed by atoms with Gasteiger partial charge in [0.2, 0.25) is 0 Å². The maximum Gasteiger partial charge on any atom is 0.135 e. The first-order valence-electron chi connectivity index (χ1n) is 9.55. The van der Waals surface area contributed by atoms with Crippen molar-refractivity contribution in [1.29, 1.82) is 0 Å². The molecule has 4 aromatic carbocycles. The van der Waals surface area contributed by atoms with Crippen molar-refractivity contribution in [3.8, 4) is 56.0 Å². The molecule has 1 heteroatoms. The third-order valence-corrected chi connectivity index (χ3v) is 5.25. The molecule has 0 radical (unpaired) electrons. The van der Waals surface area contributed by atoms with Gasteiger partial charge in [-0.25, -0.2) is 0 Å². The summed E-state index contributed by atoms with van der Waals surface area (Å²) < 4.78 is 6.42. The van der Waals surface area contributed by atoms with E-state index in [0.717, 1.165) is 11.5 Å². The van der Waals surface area contributed by atoms with Crippen LogP contribution in [0.1, 0.15) is 13.8 Å². The van der Waals surface area contributed by atoms with E-state index < -0.39 is 0 Å². The fourth-order valence-corrected chi connectivity index (χ4v) is 4.10. The van der Waals surface area contributed by atoms with Crippen LogP contribution in [0.5, 0.6) is 11.5 Å². The van der Waals surface area contributed by atoms with E-state index in [1.165, 1.54) is 44.5 Å². The zero-order valence-electron chi connectivity index (χ0n) is 15.5. The van der Waals surface area contributed by atoms with Crippen molar-refractivity contribution in [3.05, 3.63) is 84.9 Å². The van der Waals surface area contributed by atoms with Crippen LogP contribution in [0.25, 0.3) is 44.5 Å². The zero-order valence-corrected chi connectivity index (χ0v) is 15.5. The van der Waals surface area contributed by atoms with Crippen LogP contribution in [0, 0.1) is 0 Å². The van der Waals surface area contributed by atoms with Crippen LogP contribution in [0.4, 0.5) is 0 Å². The Balaban J connectivity index is 0.000000777. The van der Waals surface area contributed by atoms with Gasteiger partial charge in [0.25, 0.3) is 0 Å². The summed E-state index contributed by atoms with van der Waals surface area (Å²) >= 11 is 0. The summed E-state index contributed by atoms with van der Waals surface area (Å²) in [6, 6.07) is 29.7. The first-order chi connectivity index (χ1) is 13.4. The molecule has 0 unspecified atom stereocenters. The molecular formula is C26H20O. The molecule has 0 heterocycles. The quantitative estimate of drug-likeness (QED) is 0.310. The highest BCUT2D eigenvalue weighted by molar-refractivity contribution is 6.07. The number of hydrogen-bond donors (Lipinski definition) is 0. The van der Waals surface area contributed by atoms with Gasteiger partial charge in [0.1, 0.15) is 11.5 Å². The maximum absolute atomic E-state index is 6.42. The third-order valence-electron chi connectivity index (χ3n) is 5.25. The van der Waals surface area contributed by atoms with Gasteiger partial charge in [-0.3, -0.25) is 0 Å². The van der Waals surface area contributed by atoms with E-state index in [0.29, 0.717) is 0 Å². The molecule has 0 saturated heterocycles. The molecule has 2 aliphatic carbocycles. The van der Waals surface area contributed by atoms with E-state index >= 15 is 0 Å². The second-order valence-electron chi connectivity index (χ2n) is 6.55. The molecule has 0 bridgehead atoms. The molecule has 0 aromatic heterocycles. The van der Waals surface area contributed by atoms with Crippen LogP contribution < -0.4 is 4.74 Å². The molecule has 27 heavy (non-hydrogen) atoms. The van der Waals surface area contributed by atoms with Crippen molar-refractivity contribution in [2.24, 2.45) is 0 Å². The average Bonchev–Trinajstić information content (AvgIpc) is 2.71. The van der Waals surface area contributed by atoms with E-state index in [-0.39, 0.29) is 0 Å². The lowest BCUT2D eigenvalue weighted by Crippen LogP contribution is -2.03. The molecule has 0 fully saturated rings. The Kier molecular flexibility index (Phi) is 3.61. The first-order valence-corrected chi connectivity index (χ1v) is 9.55. The standard InChI is InChI=1S/C24H14O.C2H6/c1-3-9-17-15(7-1)19-11-5-13-21(23(17)19)25-22-14-6-12-20-16-8-2-4-10-18(16)24(20)22;1-2/h1-14H;1-2H3. The largest absolute Gasteiger partial charge is 0.456 e. The average molecular weight is 348 g/mol. The van der Waals surface area contributed by atoms with Crippen LogP contribution in [0.2, 0.25) is 0 Å². The van der Waals surface area contributed by atoms with Gasteiger partial charge in [-0.1, -0.05) is 86.6 Å².